The molecule has 7 heteroatoms. The number of benzene rings is 2. The Balaban J connectivity index is 1.16. The minimum atomic E-state index is -0.844. The molecule has 5 nitrogen and oxygen atoms in total. The van der Waals surface area contributed by atoms with Crippen LogP contribution in [0.1, 0.15) is 54.8 Å². The largest absolute Gasteiger partial charge is 0.380 e. The number of amides is 1. The molecular weight excluding hydrogens is 428 g/mol. The first-order valence-corrected chi connectivity index (χ1v) is 11.7. The molecule has 1 atom stereocenters. The Kier molecular flexibility index (Phi) is 6.20. The van der Waals surface area contributed by atoms with Crippen molar-refractivity contribution in [3.8, 4) is 0 Å². The van der Waals surface area contributed by atoms with Crippen molar-refractivity contribution in [2.75, 3.05) is 19.8 Å². The summed E-state index contributed by atoms with van der Waals surface area (Å²) in [5.41, 5.74) is 1.72. The van der Waals surface area contributed by atoms with Gasteiger partial charge in [0.05, 0.1) is 25.9 Å². The highest BCUT2D eigenvalue weighted by Gasteiger charge is 2.39. The van der Waals surface area contributed by atoms with Crippen molar-refractivity contribution in [1.29, 1.82) is 0 Å². The molecule has 0 radical (unpaired) electrons. The van der Waals surface area contributed by atoms with Gasteiger partial charge in [-0.15, -0.1) is 0 Å². The van der Waals surface area contributed by atoms with E-state index in [1.807, 2.05) is 12.1 Å². The maximum Gasteiger partial charge on any atom is 0.249 e. The van der Waals surface area contributed by atoms with Crippen molar-refractivity contribution in [2.45, 2.75) is 50.2 Å². The van der Waals surface area contributed by atoms with Crippen LogP contribution in [0.5, 0.6) is 0 Å². The lowest BCUT2D eigenvalue weighted by Gasteiger charge is -2.36. The molecule has 2 saturated heterocycles. The molecule has 0 aromatic heterocycles. The Morgan fingerprint density at radius 2 is 1.67 bits per heavy atom. The van der Waals surface area contributed by atoms with Crippen LogP contribution >= 0.6 is 0 Å². The fourth-order valence-corrected chi connectivity index (χ4v) is 5.30. The lowest BCUT2D eigenvalue weighted by atomic mass is 9.78. The van der Waals surface area contributed by atoms with E-state index >= 15 is 0 Å². The Morgan fingerprint density at radius 1 is 1.00 bits per heavy atom. The van der Waals surface area contributed by atoms with E-state index in [1.165, 1.54) is 22.8 Å². The van der Waals surface area contributed by atoms with Crippen LogP contribution in [0.2, 0.25) is 0 Å². The van der Waals surface area contributed by atoms with Gasteiger partial charge in [-0.1, -0.05) is 24.3 Å². The maximum absolute atomic E-state index is 13.7. The number of nitrogens with zero attached hydrogens (tertiary/aromatic N) is 1. The third-order valence-electron chi connectivity index (χ3n) is 7.28. The SMILES string of the molecule is O=C([C@H]1CC[C@H](Cc2ccc(C3(O)COC3)cc2)CC1)N1OCC[C@H]1c1cc(F)cc(F)c1. The number of hydrogen-bond donors (Lipinski definition) is 1. The standard InChI is InChI=1S/C26H29F2NO4/c27-22-12-20(13-23(28)14-22)24-9-10-33-29(24)25(30)19-5-1-17(2-6-19)11-18-3-7-21(8-4-18)26(31)15-32-16-26/h3-4,7-8,12-14,17,19,24,31H,1-2,5-6,9-11,15-16H2/t17-,19-,24-/m0/s1. The number of carbonyl (C=O) groups is 1. The number of hydrogen-bond acceptors (Lipinski definition) is 4. The lowest BCUT2D eigenvalue weighted by Crippen LogP contribution is -2.46. The van der Waals surface area contributed by atoms with Crippen molar-refractivity contribution in [1.82, 2.24) is 5.06 Å². The van der Waals surface area contributed by atoms with Crippen molar-refractivity contribution in [2.24, 2.45) is 11.8 Å². The third kappa shape index (κ3) is 4.67. The molecule has 3 fully saturated rings. The fraction of sp³-hybridized carbons (Fsp3) is 0.500. The zero-order valence-electron chi connectivity index (χ0n) is 18.5. The molecule has 2 aromatic rings. The van der Waals surface area contributed by atoms with E-state index in [0.29, 0.717) is 37.7 Å². The molecule has 0 bridgehead atoms. The zero-order chi connectivity index (χ0) is 23.0. The first kappa shape index (κ1) is 22.4. The van der Waals surface area contributed by atoms with Crippen LogP contribution in [0.3, 0.4) is 0 Å². The van der Waals surface area contributed by atoms with Gasteiger partial charge in [0.1, 0.15) is 17.2 Å². The Labute approximate surface area is 192 Å². The second-order valence-corrected chi connectivity index (χ2v) is 9.65. The van der Waals surface area contributed by atoms with Gasteiger partial charge in [-0.25, -0.2) is 13.8 Å². The summed E-state index contributed by atoms with van der Waals surface area (Å²) < 4.78 is 32.5. The van der Waals surface area contributed by atoms with Crippen LogP contribution in [0, 0.1) is 23.5 Å². The molecular formula is C26H29F2NO4. The van der Waals surface area contributed by atoms with E-state index in [-0.39, 0.29) is 11.8 Å². The number of halogens is 2. The van der Waals surface area contributed by atoms with E-state index in [1.54, 1.807) is 0 Å². The molecule has 176 valence electrons. The van der Waals surface area contributed by atoms with Crippen molar-refractivity contribution >= 4 is 5.91 Å². The molecule has 1 N–H and O–H groups in total. The summed E-state index contributed by atoms with van der Waals surface area (Å²) in [4.78, 5) is 18.8. The number of ether oxygens (including phenoxy) is 1. The molecule has 2 heterocycles. The van der Waals surface area contributed by atoms with Crippen molar-refractivity contribution in [3.05, 3.63) is 70.8 Å². The van der Waals surface area contributed by atoms with Gasteiger partial charge in [0.25, 0.3) is 0 Å². The second-order valence-electron chi connectivity index (χ2n) is 9.65. The molecule has 0 unspecified atom stereocenters. The monoisotopic (exact) mass is 457 g/mol. The van der Waals surface area contributed by atoms with Gasteiger partial charge in [0, 0.05) is 18.4 Å². The average molecular weight is 458 g/mol. The molecule has 3 aliphatic rings. The van der Waals surface area contributed by atoms with E-state index in [2.05, 4.69) is 12.1 Å². The molecule has 1 amide bonds. The molecule has 1 aliphatic carbocycles. The highest BCUT2D eigenvalue weighted by atomic mass is 19.1. The number of aliphatic hydroxyl groups is 1. The first-order valence-electron chi connectivity index (χ1n) is 11.7. The molecule has 2 aromatic carbocycles. The smallest absolute Gasteiger partial charge is 0.249 e. The predicted octanol–water partition coefficient (Wildman–Crippen LogP) is 4.44. The van der Waals surface area contributed by atoms with Crippen LogP contribution < -0.4 is 0 Å². The molecule has 33 heavy (non-hydrogen) atoms. The Bertz CT molecular complexity index is 980. The van der Waals surface area contributed by atoms with Crippen LogP contribution in [0.4, 0.5) is 8.78 Å². The number of hydroxylamine groups is 2. The van der Waals surface area contributed by atoms with Crippen LogP contribution in [0.15, 0.2) is 42.5 Å². The van der Waals surface area contributed by atoms with Gasteiger partial charge >= 0.3 is 0 Å². The molecule has 5 rings (SSSR count). The van der Waals surface area contributed by atoms with Crippen molar-refractivity contribution in [3.63, 3.8) is 0 Å². The summed E-state index contributed by atoms with van der Waals surface area (Å²) >= 11 is 0. The third-order valence-corrected chi connectivity index (χ3v) is 7.28. The summed E-state index contributed by atoms with van der Waals surface area (Å²) in [5.74, 6) is -1.000. The topological polar surface area (TPSA) is 59.0 Å². The normalized spacial score (nSPS) is 26.8. The summed E-state index contributed by atoms with van der Waals surface area (Å²) in [7, 11) is 0. The Morgan fingerprint density at radius 3 is 2.27 bits per heavy atom. The Hall–Kier alpha value is -2.35. The second kappa shape index (κ2) is 9.12. The van der Waals surface area contributed by atoms with Gasteiger partial charge in [-0.3, -0.25) is 9.63 Å². The maximum atomic E-state index is 13.7. The van der Waals surface area contributed by atoms with Gasteiger partial charge in [-0.05, 0) is 66.8 Å². The summed E-state index contributed by atoms with van der Waals surface area (Å²) in [6, 6.07) is 11.1. The van der Waals surface area contributed by atoms with Gasteiger partial charge in [0.2, 0.25) is 5.91 Å². The molecule has 2 aliphatic heterocycles. The molecule has 0 spiro atoms. The van der Waals surface area contributed by atoms with E-state index < -0.39 is 23.3 Å². The number of rotatable bonds is 5. The van der Waals surface area contributed by atoms with Gasteiger partial charge < -0.3 is 9.84 Å². The van der Waals surface area contributed by atoms with Gasteiger partial charge in [-0.2, -0.15) is 0 Å². The lowest BCUT2D eigenvalue weighted by molar-refractivity contribution is -0.184. The van der Waals surface area contributed by atoms with Gasteiger partial charge in [0.15, 0.2) is 0 Å². The minimum Gasteiger partial charge on any atom is -0.380 e. The van der Waals surface area contributed by atoms with Crippen molar-refractivity contribution < 1.29 is 28.3 Å². The highest BCUT2D eigenvalue weighted by molar-refractivity contribution is 5.78. The number of carbonyl (C=O) groups excluding carboxylic acids is 1. The summed E-state index contributed by atoms with van der Waals surface area (Å²) in [6.45, 7) is 1.06. The van der Waals surface area contributed by atoms with Crippen LogP contribution in [-0.4, -0.2) is 35.9 Å². The summed E-state index contributed by atoms with van der Waals surface area (Å²) in [5, 5.41) is 11.7. The van der Waals surface area contributed by atoms with Crippen LogP contribution in [-0.2, 0) is 26.4 Å². The fourth-order valence-electron chi connectivity index (χ4n) is 5.30. The van der Waals surface area contributed by atoms with E-state index in [0.717, 1.165) is 43.7 Å². The molecule has 1 saturated carbocycles. The highest BCUT2D eigenvalue weighted by Crippen LogP contribution is 2.37. The zero-order valence-corrected chi connectivity index (χ0v) is 18.5. The van der Waals surface area contributed by atoms with E-state index in [9.17, 15) is 18.7 Å². The predicted molar refractivity (Wildman–Crippen MR) is 117 cm³/mol. The van der Waals surface area contributed by atoms with Crippen LogP contribution in [0.25, 0.3) is 0 Å². The quantitative estimate of drug-likeness (QED) is 0.722. The summed E-state index contributed by atoms with van der Waals surface area (Å²) in [6.07, 6.45) is 4.93. The first-order chi connectivity index (χ1) is 15.9. The minimum absolute atomic E-state index is 0.0825. The average Bonchev–Trinajstić information content (AvgIpc) is 3.27. The van der Waals surface area contributed by atoms with E-state index in [4.69, 9.17) is 9.57 Å².